The normalized spacial score (nSPS) is 13.4. The minimum atomic E-state index is -0.126. The number of carbonyl (C=O) groups excluding carboxylic acids is 1. The zero-order valence-electron chi connectivity index (χ0n) is 11.0. The Morgan fingerprint density at radius 3 is 3.00 bits per heavy atom. The van der Waals surface area contributed by atoms with Gasteiger partial charge in [0, 0.05) is 13.1 Å². The van der Waals surface area contributed by atoms with Crippen LogP contribution in [0, 0.1) is 0 Å². The molecule has 18 heavy (non-hydrogen) atoms. The Morgan fingerprint density at radius 1 is 1.33 bits per heavy atom. The van der Waals surface area contributed by atoms with E-state index in [-0.39, 0.29) is 5.97 Å². The number of benzene rings is 1. The fourth-order valence-electron chi connectivity index (χ4n) is 2.39. The first-order valence-corrected chi connectivity index (χ1v) is 6.76. The van der Waals surface area contributed by atoms with E-state index in [1.807, 2.05) is 6.92 Å². The predicted octanol–water partition coefficient (Wildman–Crippen LogP) is 2.22. The van der Waals surface area contributed by atoms with Crippen molar-refractivity contribution in [2.45, 2.75) is 39.2 Å². The number of aryl methyl sites for hydroxylation is 2. The van der Waals surface area contributed by atoms with E-state index in [0.717, 1.165) is 6.54 Å². The zero-order chi connectivity index (χ0) is 12.8. The van der Waals surface area contributed by atoms with Crippen LogP contribution >= 0.6 is 0 Å². The fraction of sp³-hybridized carbons (Fsp3) is 0.533. The molecule has 0 radical (unpaired) electrons. The third-order valence-corrected chi connectivity index (χ3v) is 3.30. The molecule has 1 aromatic rings. The first-order valence-electron chi connectivity index (χ1n) is 6.76. The molecule has 1 N–H and O–H groups in total. The smallest absolute Gasteiger partial charge is 0.307 e. The van der Waals surface area contributed by atoms with E-state index in [4.69, 9.17) is 4.74 Å². The van der Waals surface area contributed by atoms with E-state index >= 15 is 0 Å². The first-order chi connectivity index (χ1) is 8.79. The van der Waals surface area contributed by atoms with Crippen molar-refractivity contribution in [1.29, 1.82) is 0 Å². The standard InChI is InChI=1S/C15H21NO2/c1-2-18-15(17)8-9-16-11-12-6-7-13-4-3-5-14(13)10-12/h6-7,10,16H,2-5,8-9,11H2,1H3. The van der Waals surface area contributed by atoms with Gasteiger partial charge in [0.05, 0.1) is 13.0 Å². The molecule has 0 amide bonds. The Kier molecular flexibility index (Phi) is 4.76. The van der Waals surface area contributed by atoms with E-state index in [0.29, 0.717) is 19.6 Å². The number of fused-ring (bicyclic) bond motifs is 1. The van der Waals surface area contributed by atoms with Gasteiger partial charge in [-0.25, -0.2) is 0 Å². The van der Waals surface area contributed by atoms with Gasteiger partial charge < -0.3 is 10.1 Å². The maximum atomic E-state index is 11.1. The topological polar surface area (TPSA) is 38.3 Å². The molecular weight excluding hydrogens is 226 g/mol. The lowest BCUT2D eigenvalue weighted by atomic mass is 10.1. The summed E-state index contributed by atoms with van der Waals surface area (Å²) in [5, 5.41) is 3.28. The second-order valence-electron chi connectivity index (χ2n) is 4.69. The van der Waals surface area contributed by atoms with Crippen molar-refractivity contribution in [3.8, 4) is 0 Å². The summed E-state index contributed by atoms with van der Waals surface area (Å²) in [6, 6.07) is 6.71. The molecule has 2 rings (SSSR count). The lowest BCUT2D eigenvalue weighted by Crippen LogP contribution is -2.19. The molecule has 98 valence electrons. The summed E-state index contributed by atoms with van der Waals surface area (Å²) in [5.41, 5.74) is 4.31. The van der Waals surface area contributed by atoms with E-state index in [1.54, 1.807) is 0 Å². The Balaban J connectivity index is 1.72. The molecule has 1 aromatic carbocycles. The number of ether oxygens (including phenoxy) is 1. The van der Waals surface area contributed by atoms with Gasteiger partial charge in [0.1, 0.15) is 0 Å². The quantitative estimate of drug-likeness (QED) is 0.619. The molecule has 1 aliphatic rings. The van der Waals surface area contributed by atoms with Crippen molar-refractivity contribution in [1.82, 2.24) is 5.32 Å². The molecule has 0 saturated heterocycles. The maximum absolute atomic E-state index is 11.1. The highest BCUT2D eigenvalue weighted by atomic mass is 16.5. The van der Waals surface area contributed by atoms with Gasteiger partial charge in [0.25, 0.3) is 0 Å². The molecule has 0 unspecified atom stereocenters. The number of hydrogen-bond donors (Lipinski definition) is 1. The third-order valence-electron chi connectivity index (χ3n) is 3.30. The SMILES string of the molecule is CCOC(=O)CCNCc1ccc2c(c1)CCC2. The molecule has 0 aromatic heterocycles. The third kappa shape index (κ3) is 3.57. The molecule has 0 aliphatic heterocycles. The molecule has 3 nitrogen and oxygen atoms in total. The monoisotopic (exact) mass is 247 g/mol. The Morgan fingerprint density at radius 2 is 2.17 bits per heavy atom. The van der Waals surface area contributed by atoms with E-state index < -0.39 is 0 Å². The molecule has 0 spiro atoms. The summed E-state index contributed by atoms with van der Waals surface area (Å²) < 4.78 is 4.88. The number of carbonyl (C=O) groups is 1. The highest BCUT2D eigenvalue weighted by Gasteiger charge is 2.10. The van der Waals surface area contributed by atoms with Crippen LogP contribution in [-0.2, 0) is 28.9 Å². The van der Waals surface area contributed by atoms with Gasteiger partial charge >= 0.3 is 5.97 Å². The van der Waals surface area contributed by atoms with Crippen molar-refractivity contribution >= 4 is 5.97 Å². The van der Waals surface area contributed by atoms with Gasteiger partial charge in [-0.2, -0.15) is 0 Å². The Bertz CT molecular complexity index is 415. The summed E-state index contributed by atoms with van der Waals surface area (Å²) in [4.78, 5) is 11.1. The van der Waals surface area contributed by atoms with Crippen LogP contribution in [0.25, 0.3) is 0 Å². The van der Waals surface area contributed by atoms with Crippen LogP contribution in [0.3, 0.4) is 0 Å². The van der Waals surface area contributed by atoms with Gasteiger partial charge in [-0.15, -0.1) is 0 Å². The molecule has 0 atom stereocenters. The lowest BCUT2D eigenvalue weighted by Gasteiger charge is -2.07. The highest BCUT2D eigenvalue weighted by molar-refractivity contribution is 5.69. The highest BCUT2D eigenvalue weighted by Crippen LogP contribution is 2.22. The fourth-order valence-corrected chi connectivity index (χ4v) is 2.39. The largest absolute Gasteiger partial charge is 0.466 e. The van der Waals surface area contributed by atoms with Crippen molar-refractivity contribution in [2.24, 2.45) is 0 Å². The second-order valence-corrected chi connectivity index (χ2v) is 4.69. The summed E-state index contributed by atoms with van der Waals surface area (Å²) in [5.74, 6) is -0.126. The van der Waals surface area contributed by atoms with Crippen LogP contribution in [0.15, 0.2) is 18.2 Å². The van der Waals surface area contributed by atoms with Crippen LogP contribution in [0.5, 0.6) is 0 Å². The minimum absolute atomic E-state index is 0.126. The summed E-state index contributed by atoms with van der Waals surface area (Å²) in [6.07, 6.45) is 4.17. The summed E-state index contributed by atoms with van der Waals surface area (Å²) >= 11 is 0. The Hall–Kier alpha value is -1.35. The number of nitrogens with one attached hydrogen (secondary N) is 1. The number of rotatable bonds is 6. The predicted molar refractivity (Wildman–Crippen MR) is 71.4 cm³/mol. The van der Waals surface area contributed by atoms with Crippen molar-refractivity contribution < 1.29 is 9.53 Å². The van der Waals surface area contributed by atoms with Crippen LogP contribution < -0.4 is 5.32 Å². The molecule has 0 fully saturated rings. The van der Waals surface area contributed by atoms with E-state index in [1.165, 1.54) is 36.0 Å². The molecule has 3 heteroatoms. The van der Waals surface area contributed by atoms with E-state index in [9.17, 15) is 4.79 Å². The molecule has 0 heterocycles. The average Bonchev–Trinajstić information content (AvgIpc) is 2.82. The van der Waals surface area contributed by atoms with Crippen LogP contribution in [-0.4, -0.2) is 19.1 Å². The van der Waals surface area contributed by atoms with Gasteiger partial charge in [0.2, 0.25) is 0 Å². The van der Waals surface area contributed by atoms with Gasteiger partial charge in [-0.05, 0) is 42.9 Å². The molecule has 0 saturated carbocycles. The van der Waals surface area contributed by atoms with Crippen LogP contribution in [0.1, 0.15) is 36.5 Å². The van der Waals surface area contributed by atoms with Crippen molar-refractivity contribution in [3.63, 3.8) is 0 Å². The van der Waals surface area contributed by atoms with Crippen molar-refractivity contribution in [3.05, 3.63) is 34.9 Å². The minimum Gasteiger partial charge on any atom is -0.466 e. The van der Waals surface area contributed by atoms with Crippen molar-refractivity contribution in [2.75, 3.05) is 13.2 Å². The lowest BCUT2D eigenvalue weighted by molar-refractivity contribution is -0.142. The van der Waals surface area contributed by atoms with E-state index in [2.05, 4.69) is 23.5 Å². The number of hydrogen-bond acceptors (Lipinski definition) is 3. The Labute approximate surface area is 109 Å². The van der Waals surface area contributed by atoms with Gasteiger partial charge in [-0.3, -0.25) is 4.79 Å². The van der Waals surface area contributed by atoms with Crippen LogP contribution in [0.4, 0.5) is 0 Å². The first kappa shape index (κ1) is 13.1. The maximum Gasteiger partial charge on any atom is 0.307 e. The summed E-state index contributed by atoms with van der Waals surface area (Å²) in [6.45, 7) is 3.79. The zero-order valence-corrected chi connectivity index (χ0v) is 11.0. The van der Waals surface area contributed by atoms with Gasteiger partial charge in [-0.1, -0.05) is 18.2 Å². The molecule has 0 bridgehead atoms. The van der Waals surface area contributed by atoms with Gasteiger partial charge in [0.15, 0.2) is 0 Å². The molecular formula is C15H21NO2. The second kappa shape index (κ2) is 6.55. The number of esters is 1. The molecule has 1 aliphatic carbocycles. The average molecular weight is 247 g/mol. The van der Waals surface area contributed by atoms with Crippen LogP contribution in [0.2, 0.25) is 0 Å². The summed E-state index contributed by atoms with van der Waals surface area (Å²) in [7, 11) is 0.